The van der Waals surface area contributed by atoms with Crippen molar-refractivity contribution < 1.29 is 34.8 Å². The Morgan fingerprint density at radius 2 is 1.40 bits per heavy atom. The van der Waals surface area contributed by atoms with Crippen LogP contribution in [-0.4, -0.2) is 101 Å². The van der Waals surface area contributed by atoms with Crippen LogP contribution < -0.4 is 10.2 Å². The molecule has 0 bridgehead atoms. The number of amides is 2. The Morgan fingerprint density at radius 1 is 0.800 bits per heavy atom. The van der Waals surface area contributed by atoms with Crippen molar-refractivity contribution in [3.8, 4) is 5.75 Å². The van der Waals surface area contributed by atoms with E-state index in [1.165, 1.54) is 33.3 Å². The highest BCUT2D eigenvalue weighted by molar-refractivity contribution is 7.24. The predicted octanol–water partition coefficient (Wildman–Crippen LogP) is 0.0335. The Bertz CT molecular complexity index is 1230. The van der Waals surface area contributed by atoms with Gasteiger partial charge in [-0.25, -0.2) is 0 Å². The van der Waals surface area contributed by atoms with Crippen molar-refractivity contribution >= 4 is 43.3 Å². The van der Waals surface area contributed by atoms with E-state index in [-0.39, 0.29) is 69.3 Å². The van der Waals surface area contributed by atoms with Gasteiger partial charge < -0.3 is 35.0 Å². The first-order valence-corrected chi connectivity index (χ1v) is 11.9. The molecule has 2 amide bonds. The number of nitrogens with zero attached hydrogens (tertiary/aromatic N) is 2. The molecule has 0 saturated heterocycles. The summed E-state index contributed by atoms with van der Waals surface area (Å²) in [4.78, 5) is 41.5. The van der Waals surface area contributed by atoms with E-state index in [9.17, 15) is 34.8 Å². The van der Waals surface area contributed by atoms with Crippen LogP contribution in [0.25, 0.3) is 20.2 Å². The fourth-order valence-electron chi connectivity index (χ4n) is 3.68. The molecule has 0 spiro atoms. The third-order valence-corrected chi connectivity index (χ3v) is 6.51. The van der Waals surface area contributed by atoms with Gasteiger partial charge in [0.15, 0.2) is 12.0 Å². The number of rotatable bonds is 12. The van der Waals surface area contributed by atoms with Gasteiger partial charge in [0.25, 0.3) is 11.8 Å². The van der Waals surface area contributed by atoms with Gasteiger partial charge in [-0.15, -0.1) is 11.3 Å². The standard InChI is InChI=1S/C24H28N2O8S/c27-9-5-25(6-10-28)22(31)15-34-19-13-18-21(35-20-4-2-1-3-16(20)23(18)32)14-17(19)24(33)26(7-11-29)8-12-30/h1-4,13-14,27-30H,5-12,15H2. The summed E-state index contributed by atoms with van der Waals surface area (Å²) in [6.07, 6.45) is 0. The summed E-state index contributed by atoms with van der Waals surface area (Å²) in [5.41, 5.74) is -0.164. The number of benzene rings is 2. The van der Waals surface area contributed by atoms with Crippen LogP contribution in [0, 0.1) is 0 Å². The molecule has 2 aromatic carbocycles. The first-order chi connectivity index (χ1) is 16.9. The number of ether oxygens (including phenoxy) is 1. The molecule has 0 unspecified atom stereocenters. The summed E-state index contributed by atoms with van der Waals surface area (Å²) in [5, 5.41) is 37.9. The molecule has 1 heterocycles. The summed E-state index contributed by atoms with van der Waals surface area (Å²) >= 11 is 1.33. The SMILES string of the molecule is O=C(COc1cc2c(=O)c3ccccc3sc2cc1C(=O)N(CCO)CCO)N(CCO)CCO. The number of hydrogen-bond donors (Lipinski definition) is 4. The van der Waals surface area contributed by atoms with E-state index in [2.05, 4.69) is 0 Å². The van der Waals surface area contributed by atoms with E-state index >= 15 is 0 Å². The lowest BCUT2D eigenvalue weighted by Crippen LogP contribution is -2.39. The highest BCUT2D eigenvalue weighted by atomic mass is 32.1. The molecule has 0 aliphatic rings. The summed E-state index contributed by atoms with van der Waals surface area (Å²) < 4.78 is 7.01. The molecule has 188 valence electrons. The number of fused-ring (bicyclic) bond motifs is 2. The monoisotopic (exact) mass is 504 g/mol. The second-order valence-electron chi connectivity index (χ2n) is 7.63. The molecule has 3 rings (SSSR count). The minimum absolute atomic E-state index is 0.00394. The normalized spacial score (nSPS) is 11.1. The third kappa shape index (κ3) is 6.13. The van der Waals surface area contributed by atoms with Crippen molar-refractivity contribution in [1.82, 2.24) is 9.80 Å². The van der Waals surface area contributed by atoms with Crippen LogP contribution in [0.1, 0.15) is 10.4 Å². The zero-order valence-corrected chi connectivity index (χ0v) is 19.9. The number of aliphatic hydroxyl groups is 4. The Labute approximate surface area is 205 Å². The molecule has 0 atom stereocenters. The van der Waals surface area contributed by atoms with E-state index in [1.807, 2.05) is 12.1 Å². The summed E-state index contributed by atoms with van der Waals surface area (Å²) in [5.74, 6) is -1.05. The van der Waals surface area contributed by atoms with E-state index in [1.54, 1.807) is 12.1 Å². The summed E-state index contributed by atoms with van der Waals surface area (Å²) in [6, 6.07) is 10.0. The zero-order chi connectivity index (χ0) is 25.4. The Morgan fingerprint density at radius 3 is 2.03 bits per heavy atom. The first-order valence-electron chi connectivity index (χ1n) is 11.1. The van der Waals surface area contributed by atoms with Gasteiger partial charge in [-0.05, 0) is 24.3 Å². The minimum atomic E-state index is -0.534. The first kappa shape index (κ1) is 26.5. The van der Waals surface area contributed by atoms with Crippen molar-refractivity contribution in [3.63, 3.8) is 0 Å². The van der Waals surface area contributed by atoms with Gasteiger partial charge >= 0.3 is 0 Å². The fourth-order valence-corrected chi connectivity index (χ4v) is 4.77. The molecule has 0 aliphatic heterocycles. The second kappa shape index (κ2) is 12.6. The third-order valence-electron chi connectivity index (χ3n) is 5.38. The second-order valence-corrected chi connectivity index (χ2v) is 8.71. The molecule has 0 fully saturated rings. The number of carbonyl (C=O) groups excluding carboxylic acids is 2. The molecule has 3 aromatic rings. The smallest absolute Gasteiger partial charge is 0.260 e. The molecule has 35 heavy (non-hydrogen) atoms. The summed E-state index contributed by atoms with van der Waals surface area (Å²) in [6.45, 7) is -1.75. The van der Waals surface area contributed by atoms with Crippen molar-refractivity contribution in [2.24, 2.45) is 0 Å². The number of carbonyl (C=O) groups is 2. The molecule has 4 N–H and O–H groups in total. The van der Waals surface area contributed by atoms with Crippen LogP contribution in [-0.2, 0) is 4.79 Å². The minimum Gasteiger partial charge on any atom is -0.483 e. The Kier molecular flexibility index (Phi) is 9.52. The Hall–Kier alpha value is -3.09. The number of aliphatic hydroxyl groups excluding tert-OH is 4. The van der Waals surface area contributed by atoms with Crippen LogP contribution >= 0.6 is 11.3 Å². The van der Waals surface area contributed by atoms with E-state index in [0.717, 1.165) is 4.70 Å². The zero-order valence-electron chi connectivity index (χ0n) is 19.1. The lowest BCUT2D eigenvalue weighted by molar-refractivity contribution is -0.134. The average molecular weight is 505 g/mol. The van der Waals surface area contributed by atoms with Crippen molar-refractivity contribution in [2.75, 3.05) is 59.2 Å². The molecular weight excluding hydrogens is 476 g/mol. The van der Waals surface area contributed by atoms with Crippen molar-refractivity contribution in [3.05, 3.63) is 52.2 Å². The topological polar surface area (TPSA) is 148 Å². The van der Waals surface area contributed by atoms with Gasteiger partial charge in [0.2, 0.25) is 0 Å². The molecular formula is C24H28N2O8S. The molecule has 11 heteroatoms. The van der Waals surface area contributed by atoms with E-state index in [4.69, 9.17) is 4.74 Å². The van der Waals surface area contributed by atoms with Gasteiger partial charge in [0, 0.05) is 46.4 Å². The largest absolute Gasteiger partial charge is 0.483 e. The Balaban J connectivity index is 2.08. The average Bonchev–Trinajstić information content (AvgIpc) is 2.86. The van der Waals surface area contributed by atoms with Gasteiger partial charge in [-0.3, -0.25) is 14.4 Å². The summed E-state index contributed by atoms with van der Waals surface area (Å²) in [7, 11) is 0. The quantitative estimate of drug-likeness (QED) is 0.253. The lowest BCUT2D eigenvalue weighted by atomic mass is 10.1. The van der Waals surface area contributed by atoms with Gasteiger partial charge in [-0.1, -0.05) is 12.1 Å². The molecule has 0 radical (unpaired) electrons. The van der Waals surface area contributed by atoms with Crippen LogP contribution in [0.3, 0.4) is 0 Å². The molecule has 1 aromatic heterocycles. The maximum atomic E-state index is 13.3. The van der Waals surface area contributed by atoms with Crippen LogP contribution in [0.15, 0.2) is 41.2 Å². The van der Waals surface area contributed by atoms with Crippen molar-refractivity contribution in [1.29, 1.82) is 0 Å². The fraction of sp³-hybridized carbons (Fsp3) is 0.375. The highest BCUT2D eigenvalue weighted by Crippen LogP contribution is 2.31. The van der Waals surface area contributed by atoms with E-state index < -0.39 is 18.4 Å². The van der Waals surface area contributed by atoms with Crippen LogP contribution in [0.5, 0.6) is 5.75 Å². The maximum absolute atomic E-state index is 13.3. The van der Waals surface area contributed by atoms with Gasteiger partial charge in [0.05, 0.1) is 32.0 Å². The van der Waals surface area contributed by atoms with Crippen LogP contribution in [0.4, 0.5) is 0 Å². The van der Waals surface area contributed by atoms with Gasteiger partial charge in [-0.2, -0.15) is 0 Å². The van der Waals surface area contributed by atoms with Crippen molar-refractivity contribution in [2.45, 2.75) is 0 Å². The van der Waals surface area contributed by atoms with E-state index in [0.29, 0.717) is 15.5 Å². The van der Waals surface area contributed by atoms with Crippen LogP contribution in [0.2, 0.25) is 0 Å². The number of hydrogen-bond acceptors (Lipinski definition) is 9. The molecule has 0 saturated carbocycles. The van der Waals surface area contributed by atoms with Gasteiger partial charge in [0.1, 0.15) is 5.75 Å². The molecule has 0 aliphatic carbocycles. The maximum Gasteiger partial charge on any atom is 0.260 e. The molecule has 10 nitrogen and oxygen atoms in total. The lowest BCUT2D eigenvalue weighted by Gasteiger charge is -2.23. The predicted molar refractivity (Wildman–Crippen MR) is 132 cm³/mol. The highest BCUT2D eigenvalue weighted by Gasteiger charge is 2.23.